The molecule has 0 spiro atoms. The summed E-state index contributed by atoms with van der Waals surface area (Å²) in [6.45, 7) is 7.92. The highest BCUT2D eigenvalue weighted by Gasteiger charge is 2.11. The largest absolute Gasteiger partial charge is 0.427 e. The highest BCUT2D eigenvalue weighted by atomic mass is 16.5. The second-order valence-electron chi connectivity index (χ2n) is 7.54. The maximum Gasteiger partial charge on any atom is 0.338 e. The van der Waals surface area contributed by atoms with E-state index in [9.17, 15) is 14.4 Å². The minimum Gasteiger partial charge on any atom is -0.427 e. The summed E-state index contributed by atoms with van der Waals surface area (Å²) in [6, 6.07) is 19.6. The van der Waals surface area contributed by atoms with Crippen molar-refractivity contribution in [1.82, 2.24) is 0 Å². The first-order valence-corrected chi connectivity index (χ1v) is 10.5. The van der Waals surface area contributed by atoms with Gasteiger partial charge < -0.3 is 14.2 Å². The van der Waals surface area contributed by atoms with Gasteiger partial charge in [-0.25, -0.2) is 4.79 Å². The molecule has 3 aromatic rings. The molecule has 0 bridgehead atoms. The Morgan fingerprint density at radius 2 is 1.21 bits per heavy atom. The van der Waals surface area contributed by atoms with Gasteiger partial charge in [0.05, 0.1) is 0 Å². The van der Waals surface area contributed by atoms with Crippen LogP contribution in [0.15, 0.2) is 78.9 Å². The van der Waals surface area contributed by atoms with Crippen molar-refractivity contribution < 1.29 is 28.6 Å². The Kier molecular flexibility index (Phi) is 7.77. The predicted octanol–water partition coefficient (Wildman–Crippen LogP) is 5.86. The fourth-order valence-electron chi connectivity index (χ4n) is 3.01. The van der Waals surface area contributed by atoms with Crippen LogP contribution in [-0.4, -0.2) is 17.9 Å². The van der Waals surface area contributed by atoms with E-state index in [1.54, 1.807) is 37.3 Å². The summed E-state index contributed by atoms with van der Waals surface area (Å²) in [6.07, 6.45) is 3.69. The Morgan fingerprint density at radius 3 is 1.74 bits per heavy atom. The van der Waals surface area contributed by atoms with E-state index in [2.05, 4.69) is 6.58 Å². The molecule has 0 aromatic heterocycles. The molecule has 6 nitrogen and oxygen atoms in total. The second kappa shape index (κ2) is 10.9. The molecular weight excluding hydrogens is 432 g/mol. The van der Waals surface area contributed by atoms with Crippen molar-refractivity contribution in [3.63, 3.8) is 0 Å². The van der Waals surface area contributed by atoms with E-state index in [0.29, 0.717) is 22.8 Å². The minimum atomic E-state index is -0.525. The lowest BCUT2D eigenvalue weighted by molar-refractivity contribution is -0.132. The molecule has 0 saturated carbocycles. The van der Waals surface area contributed by atoms with Gasteiger partial charge in [0.25, 0.3) is 0 Å². The van der Waals surface area contributed by atoms with Crippen LogP contribution < -0.4 is 14.2 Å². The molecule has 0 amide bonds. The average Bonchev–Trinajstić information content (AvgIpc) is 2.79. The third kappa shape index (κ3) is 6.77. The summed E-state index contributed by atoms with van der Waals surface area (Å²) in [7, 11) is 0. The number of esters is 3. The zero-order valence-electron chi connectivity index (χ0n) is 19.2. The van der Waals surface area contributed by atoms with Gasteiger partial charge in [-0.3, -0.25) is 9.59 Å². The van der Waals surface area contributed by atoms with E-state index in [0.717, 1.165) is 16.7 Å². The molecule has 34 heavy (non-hydrogen) atoms. The first-order chi connectivity index (χ1) is 16.2. The number of hydrogen-bond donors (Lipinski definition) is 0. The van der Waals surface area contributed by atoms with Gasteiger partial charge in [-0.2, -0.15) is 0 Å². The fraction of sp³-hybridized carbons (Fsp3) is 0.107. The second-order valence-corrected chi connectivity index (χ2v) is 7.54. The van der Waals surface area contributed by atoms with E-state index in [1.807, 2.05) is 48.6 Å². The van der Waals surface area contributed by atoms with Crippen molar-refractivity contribution >= 4 is 30.1 Å². The van der Waals surface area contributed by atoms with Crippen molar-refractivity contribution in [2.45, 2.75) is 20.8 Å². The monoisotopic (exact) mass is 456 g/mol. The Bertz CT molecular complexity index is 1250. The smallest absolute Gasteiger partial charge is 0.338 e. The maximum atomic E-state index is 12.2. The number of benzene rings is 3. The van der Waals surface area contributed by atoms with Crippen molar-refractivity contribution in [2.75, 3.05) is 0 Å². The van der Waals surface area contributed by atoms with Crippen LogP contribution >= 0.6 is 0 Å². The number of rotatable bonds is 7. The standard InChI is InChI=1S/C28H24O6/c1-18(2)28(31)34-27-17-24(22-11-15-26(16-12-22)33-20(4)30)10-9-23(27)8-5-21-6-13-25(14-7-21)32-19(3)29/h5-17H,1H2,2-4H3/b8-5+. The molecule has 0 radical (unpaired) electrons. The molecule has 0 atom stereocenters. The molecule has 3 rings (SSSR count). The van der Waals surface area contributed by atoms with Crippen LogP contribution in [0, 0.1) is 0 Å². The fourth-order valence-corrected chi connectivity index (χ4v) is 3.01. The number of hydrogen-bond acceptors (Lipinski definition) is 6. The summed E-state index contributed by atoms with van der Waals surface area (Å²) in [5.41, 5.74) is 3.53. The molecule has 0 aliphatic carbocycles. The number of ether oxygens (including phenoxy) is 3. The van der Waals surface area contributed by atoms with Crippen LogP contribution in [0.2, 0.25) is 0 Å². The maximum absolute atomic E-state index is 12.2. The zero-order valence-corrected chi connectivity index (χ0v) is 19.2. The molecule has 0 N–H and O–H groups in total. The SMILES string of the molecule is C=C(C)C(=O)Oc1cc(-c2ccc(OC(C)=O)cc2)ccc1/C=C/c1ccc(OC(C)=O)cc1. The van der Waals surface area contributed by atoms with Gasteiger partial charge in [-0.15, -0.1) is 0 Å². The summed E-state index contributed by atoms with van der Waals surface area (Å²) >= 11 is 0. The third-order valence-electron chi connectivity index (χ3n) is 4.61. The van der Waals surface area contributed by atoms with Gasteiger partial charge >= 0.3 is 17.9 Å². The van der Waals surface area contributed by atoms with Gasteiger partial charge in [0.1, 0.15) is 17.2 Å². The van der Waals surface area contributed by atoms with Gasteiger partial charge in [0, 0.05) is 25.0 Å². The van der Waals surface area contributed by atoms with Crippen LogP contribution in [0.25, 0.3) is 23.3 Å². The van der Waals surface area contributed by atoms with E-state index >= 15 is 0 Å². The van der Waals surface area contributed by atoms with Crippen molar-refractivity contribution in [3.05, 3.63) is 90.0 Å². The van der Waals surface area contributed by atoms with Crippen molar-refractivity contribution in [3.8, 4) is 28.4 Å². The van der Waals surface area contributed by atoms with E-state index in [-0.39, 0.29) is 17.5 Å². The molecule has 0 saturated heterocycles. The summed E-state index contributed by atoms with van der Waals surface area (Å²) in [5.74, 6) is -0.00776. The number of carbonyl (C=O) groups excluding carboxylic acids is 3. The van der Waals surface area contributed by atoms with Gasteiger partial charge in [0.15, 0.2) is 0 Å². The summed E-state index contributed by atoms with van der Waals surface area (Å²) < 4.78 is 15.7. The van der Waals surface area contributed by atoms with Crippen LogP contribution in [0.4, 0.5) is 0 Å². The normalized spacial score (nSPS) is 10.6. The predicted molar refractivity (Wildman–Crippen MR) is 130 cm³/mol. The molecule has 0 aliphatic rings. The first kappa shape index (κ1) is 24.2. The molecular formula is C28H24O6. The van der Waals surface area contributed by atoms with Crippen LogP contribution in [0.1, 0.15) is 31.9 Å². The lowest BCUT2D eigenvalue weighted by Gasteiger charge is -2.11. The highest BCUT2D eigenvalue weighted by Crippen LogP contribution is 2.30. The Labute approximate surface area is 198 Å². The Balaban J connectivity index is 1.89. The Morgan fingerprint density at radius 1 is 0.676 bits per heavy atom. The molecule has 0 heterocycles. The van der Waals surface area contributed by atoms with Crippen LogP contribution in [0.3, 0.4) is 0 Å². The van der Waals surface area contributed by atoms with Gasteiger partial charge in [-0.05, 0) is 53.9 Å². The third-order valence-corrected chi connectivity index (χ3v) is 4.61. The topological polar surface area (TPSA) is 78.9 Å². The van der Waals surface area contributed by atoms with Gasteiger partial charge in [-0.1, -0.05) is 55.1 Å². The molecule has 6 heteroatoms. The van der Waals surface area contributed by atoms with Gasteiger partial charge in [0.2, 0.25) is 0 Å². The van der Waals surface area contributed by atoms with Crippen molar-refractivity contribution in [1.29, 1.82) is 0 Å². The lowest BCUT2D eigenvalue weighted by Crippen LogP contribution is -2.09. The molecule has 172 valence electrons. The average molecular weight is 456 g/mol. The minimum absolute atomic E-state index is 0.284. The first-order valence-electron chi connectivity index (χ1n) is 10.5. The summed E-state index contributed by atoms with van der Waals surface area (Å²) in [5, 5.41) is 0. The molecule has 0 unspecified atom stereocenters. The highest BCUT2D eigenvalue weighted by molar-refractivity contribution is 5.90. The molecule has 0 aliphatic heterocycles. The van der Waals surface area contributed by atoms with E-state index < -0.39 is 5.97 Å². The lowest BCUT2D eigenvalue weighted by atomic mass is 10.0. The van der Waals surface area contributed by atoms with Crippen molar-refractivity contribution in [2.24, 2.45) is 0 Å². The van der Waals surface area contributed by atoms with E-state index in [1.165, 1.54) is 13.8 Å². The summed E-state index contributed by atoms with van der Waals surface area (Å²) in [4.78, 5) is 34.4. The molecule has 0 fully saturated rings. The zero-order chi connectivity index (χ0) is 24.7. The quantitative estimate of drug-likeness (QED) is 0.192. The van der Waals surface area contributed by atoms with Crippen LogP contribution in [-0.2, 0) is 14.4 Å². The molecule has 3 aromatic carbocycles. The Hall–Kier alpha value is -4.45. The number of carbonyl (C=O) groups is 3. The van der Waals surface area contributed by atoms with E-state index in [4.69, 9.17) is 14.2 Å². The van der Waals surface area contributed by atoms with Crippen LogP contribution in [0.5, 0.6) is 17.2 Å².